The molecule has 1 atom stereocenters. The topological polar surface area (TPSA) is 41.1 Å². The van der Waals surface area contributed by atoms with Crippen molar-refractivity contribution in [3.05, 3.63) is 64.7 Å². The number of para-hydroxylation sites is 1. The Bertz CT molecular complexity index is 679. The second-order valence-electron chi connectivity index (χ2n) is 5.73. The number of anilines is 1. The summed E-state index contributed by atoms with van der Waals surface area (Å²) in [7, 11) is 0. The molecule has 0 saturated carbocycles. The first-order valence-electron chi connectivity index (χ1n) is 7.33. The Morgan fingerprint density at radius 1 is 1.19 bits per heavy atom. The number of carbonyl (C=O) groups excluding carboxylic acids is 1. The van der Waals surface area contributed by atoms with E-state index < -0.39 is 0 Å². The summed E-state index contributed by atoms with van der Waals surface area (Å²) in [6.45, 7) is 4.79. The summed E-state index contributed by atoms with van der Waals surface area (Å²) in [5.74, 6) is 0.0127. The molecule has 1 unspecified atom stereocenters. The Morgan fingerprint density at radius 2 is 2.00 bits per heavy atom. The van der Waals surface area contributed by atoms with E-state index in [1.807, 2.05) is 44.2 Å². The lowest BCUT2D eigenvalue weighted by Gasteiger charge is -2.27. The first kappa shape index (κ1) is 13.7. The average molecular weight is 280 g/mol. The van der Waals surface area contributed by atoms with E-state index in [2.05, 4.69) is 22.8 Å². The molecule has 0 aromatic heterocycles. The number of rotatable bonds is 2. The number of fused-ring (bicyclic) bond motifs is 1. The van der Waals surface area contributed by atoms with Crippen LogP contribution in [0.3, 0.4) is 0 Å². The third-order valence-corrected chi connectivity index (χ3v) is 3.98. The van der Waals surface area contributed by atoms with Crippen molar-refractivity contribution in [1.82, 2.24) is 5.32 Å². The molecule has 2 aromatic carbocycles. The summed E-state index contributed by atoms with van der Waals surface area (Å²) in [6, 6.07) is 14.3. The van der Waals surface area contributed by atoms with Crippen LogP contribution < -0.4 is 10.6 Å². The SMILES string of the molecule is Cc1ccc(C(=O)NC2CNc3ccccc3C2)c(C)c1. The van der Waals surface area contributed by atoms with Gasteiger partial charge in [0, 0.05) is 17.8 Å². The van der Waals surface area contributed by atoms with E-state index in [1.165, 1.54) is 16.8 Å². The molecule has 3 nitrogen and oxygen atoms in total. The van der Waals surface area contributed by atoms with Gasteiger partial charge in [-0.1, -0.05) is 35.9 Å². The van der Waals surface area contributed by atoms with Gasteiger partial charge in [0.05, 0.1) is 6.04 Å². The highest BCUT2D eigenvalue weighted by Gasteiger charge is 2.20. The Hall–Kier alpha value is -2.29. The summed E-state index contributed by atoms with van der Waals surface area (Å²) in [5, 5.41) is 6.51. The third-order valence-electron chi connectivity index (χ3n) is 3.98. The van der Waals surface area contributed by atoms with Gasteiger partial charge in [-0.15, -0.1) is 0 Å². The maximum atomic E-state index is 12.4. The smallest absolute Gasteiger partial charge is 0.251 e. The molecule has 0 spiro atoms. The van der Waals surface area contributed by atoms with Crippen molar-refractivity contribution >= 4 is 11.6 Å². The normalized spacial score (nSPS) is 16.8. The van der Waals surface area contributed by atoms with Gasteiger partial charge in [-0.2, -0.15) is 0 Å². The maximum absolute atomic E-state index is 12.4. The largest absolute Gasteiger partial charge is 0.383 e. The quantitative estimate of drug-likeness (QED) is 0.887. The van der Waals surface area contributed by atoms with E-state index in [0.717, 1.165) is 24.1 Å². The highest BCUT2D eigenvalue weighted by atomic mass is 16.1. The molecule has 21 heavy (non-hydrogen) atoms. The van der Waals surface area contributed by atoms with E-state index in [9.17, 15) is 4.79 Å². The predicted molar refractivity (Wildman–Crippen MR) is 85.8 cm³/mol. The first-order chi connectivity index (χ1) is 10.1. The van der Waals surface area contributed by atoms with Crippen LogP contribution in [0.5, 0.6) is 0 Å². The monoisotopic (exact) mass is 280 g/mol. The fourth-order valence-electron chi connectivity index (χ4n) is 2.88. The predicted octanol–water partition coefficient (Wildman–Crippen LogP) is 3.07. The van der Waals surface area contributed by atoms with E-state index in [0.29, 0.717) is 0 Å². The van der Waals surface area contributed by atoms with Crippen molar-refractivity contribution in [1.29, 1.82) is 0 Å². The molecule has 0 radical (unpaired) electrons. The molecular weight excluding hydrogens is 260 g/mol. The molecule has 3 heteroatoms. The fourth-order valence-corrected chi connectivity index (χ4v) is 2.88. The van der Waals surface area contributed by atoms with Crippen molar-refractivity contribution in [2.75, 3.05) is 11.9 Å². The molecular formula is C18H20N2O. The molecule has 1 aliphatic rings. The molecule has 3 rings (SSSR count). The number of benzene rings is 2. The minimum absolute atomic E-state index is 0.0127. The van der Waals surface area contributed by atoms with E-state index in [1.54, 1.807) is 0 Å². The Kier molecular flexibility index (Phi) is 3.65. The first-order valence-corrected chi connectivity index (χ1v) is 7.33. The molecule has 2 N–H and O–H groups in total. The Morgan fingerprint density at radius 3 is 2.81 bits per heavy atom. The van der Waals surface area contributed by atoms with Crippen molar-refractivity contribution in [3.63, 3.8) is 0 Å². The fraction of sp³-hybridized carbons (Fsp3) is 0.278. The molecule has 0 saturated heterocycles. The summed E-state index contributed by atoms with van der Waals surface area (Å²) >= 11 is 0. The molecule has 0 bridgehead atoms. The minimum Gasteiger partial charge on any atom is -0.383 e. The molecule has 1 aliphatic heterocycles. The van der Waals surface area contributed by atoms with Gasteiger partial charge in [0.1, 0.15) is 0 Å². The van der Waals surface area contributed by atoms with Gasteiger partial charge in [0.25, 0.3) is 5.91 Å². The van der Waals surface area contributed by atoms with Gasteiger partial charge >= 0.3 is 0 Å². The Labute approximate surface area is 125 Å². The van der Waals surface area contributed by atoms with Crippen LogP contribution in [-0.4, -0.2) is 18.5 Å². The van der Waals surface area contributed by atoms with Crippen LogP contribution in [0.2, 0.25) is 0 Å². The van der Waals surface area contributed by atoms with Gasteiger partial charge in [-0.25, -0.2) is 0 Å². The van der Waals surface area contributed by atoms with E-state index in [-0.39, 0.29) is 11.9 Å². The van der Waals surface area contributed by atoms with Gasteiger partial charge in [-0.05, 0) is 43.5 Å². The van der Waals surface area contributed by atoms with Crippen LogP contribution in [0.25, 0.3) is 0 Å². The standard InChI is InChI=1S/C18H20N2O/c1-12-7-8-16(13(2)9-12)18(21)20-15-10-14-5-3-4-6-17(14)19-11-15/h3-9,15,19H,10-11H2,1-2H3,(H,20,21). The summed E-state index contributed by atoms with van der Waals surface area (Å²) < 4.78 is 0. The third kappa shape index (κ3) is 2.92. The number of amides is 1. The average Bonchev–Trinajstić information content (AvgIpc) is 2.47. The molecule has 108 valence electrons. The van der Waals surface area contributed by atoms with E-state index in [4.69, 9.17) is 0 Å². The second-order valence-corrected chi connectivity index (χ2v) is 5.73. The summed E-state index contributed by atoms with van der Waals surface area (Å²) in [4.78, 5) is 12.4. The number of aryl methyl sites for hydroxylation is 2. The lowest BCUT2D eigenvalue weighted by Crippen LogP contribution is -2.43. The number of nitrogens with one attached hydrogen (secondary N) is 2. The van der Waals surface area contributed by atoms with Gasteiger partial charge < -0.3 is 10.6 Å². The second kappa shape index (κ2) is 5.60. The molecule has 1 heterocycles. The molecule has 0 fully saturated rings. The number of hydrogen-bond donors (Lipinski definition) is 2. The van der Waals surface area contributed by atoms with Crippen molar-refractivity contribution in [3.8, 4) is 0 Å². The van der Waals surface area contributed by atoms with Crippen molar-refractivity contribution < 1.29 is 4.79 Å². The highest BCUT2D eigenvalue weighted by molar-refractivity contribution is 5.96. The molecule has 2 aromatic rings. The number of hydrogen-bond acceptors (Lipinski definition) is 2. The van der Waals surface area contributed by atoms with Crippen molar-refractivity contribution in [2.24, 2.45) is 0 Å². The van der Waals surface area contributed by atoms with E-state index >= 15 is 0 Å². The lowest BCUT2D eigenvalue weighted by atomic mass is 9.99. The highest BCUT2D eigenvalue weighted by Crippen LogP contribution is 2.21. The summed E-state index contributed by atoms with van der Waals surface area (Å²) in [6.07, 6.45) is 0.875. The van der Waals surface area contributed by atoms with Gasteiger partial charge in [0.15, 0.2) is 0 Å². The van der Waals surface area contributed by atoms with Crippen LogP contribution in [0.4, 0.5) is 5.69 Å². The summed E-state index contributed by atoms with van der Waals surface area (Å²) in [5.41, 5.74) is 5.40. The zero-order valence-corrected chi connectivity index (χ0v) is 12.4. The lowest BCUT2D eigenvalue weighted by molar-refractivity contribution is 0.0937. The van der Waals surface area contributed by atoms with Crippen molar-refractivity contribution in [2.45, 2.75) is 26.3 Å². The molecule has 0 aliphatic carbocycles. The van der Waals surface area contributed by atoms with Crippen LogP contribution in [0.15, 0.2) is 42.5 Å². The van der Waals surface area contributed by atoms with Crippen LogP contribution >= 0.6 is 0 Å². The Balaban J connectivity index is 1.71. The molecule has 1 amide bonds. The van der Waals surface area contributed by atoms with Gasteiger partial charge in [0.2, 0.25) is 0 Å². The minimum atomic E-state index is 0.0127. The van der Waals surface area contributed by atoms with Gasteiger partial charge in [-0.3, -0.25) is 4.79 Å². The maximum Gasteiger partial charge on any atom is 0.251 e. The van der Waals surface area contributed by atoms with Crippen LogP contribution in [-0.2, 0) is 6.42 Å². The zero-order valence-electron chi connectivity index (χ0n) is 12.4. The van der Waals surface area contributed by atoms with Crippen LogP contribution in [0.1, 0.15) is 27.0 Å². The van der Waals surface area contributed by atoms with Crippen LogP contribution in [0, 0.1) is 13.8 Å². The zero-order chi connectivity index (χ0) is 14.8. The number of carbonyl (C=O) groups is 1.